The van der Waals surface area contributed by atoms with Crippen molar-refractivity contribution in [3.8, 4) is 28.5 Å². The number of aryl methyl sites for hydroxylation is 1. The normalized spacial score (nSPS) is 11.4. The number of nitriles is 1. The van der Waals surface area contributed by atoms with Crippen molar-refractivity contribution in [1.82, 2.24) is 4.98 Å². The predicted octanol–water partition coefficient (Wildman–Crippen LogP) is 6.62. The van der Waals surface area contributed by atoms with Crippen LogP contribution in [0.3, 0.4) is 0 Å². The topological polar surface area (TPSA) is 109 Å². The molecule has 0 saturated carbocycles. The lowest BCUT2D eigenvalue weighted by molar-refractivity contribution is -0.384. The maximum atomic E-state index is 12.9. The highest BCUT2D eigenvalue weighted by Crippen LogP contribution is 2.36. The molecular formula is C28H22N4O3S. The van der Waals surface area contributed by atoms with E-state index in [0.29, 0.717) is 22.0 Å². The molecule has 4 rings (SSSR count). The average Bonchev–Trinajstić information content (AvgIpc) is 2.89. The average molecular weight is 495 g/mol. The first-order chi connectivity index (χ1) is 17.4. The fourth-order valence-corrected chi connectivity index (χ4v) is 4.52. The number of nitro groups is 1. The molecule has 1 amide bonds. The van der Waals surface area contributed by atoms with E-state index < -0.39 is 10.2 Å². The van der Waals surface area contributed by atoms with Gasteiger partial charge in [0.05, 0.1) is 21.4 Å². The Hall–Kier alpha value is -4.48. The van der Waals surface area contributed by atoms with Crippen LogP contribution >= 0.6 is 11.8 Å². The van der Waals surface area contributed by atoms with Gasteiger partial charge in [-0.3, -0.25) is 14.9 Å². The first-order valence-electron chi connectivity index (χ1n) is 11.2. The summed E-state index contributed by atoms with van der Waals surface area (Å²) in [5, 5.41) is 23.6. The van der Waals surface area contributed by atoms with Gasteiger partial charge in [0.1, 0.15) is 11.1 Å². The summed E-state index contributed by atoms with van der Waals surface area (Å²) in [6, 6.07) is 27.5. The summed E-state index contributed by atoms with van der Waals surface area (Å²) in [4.78, 5) is 28.2. The van der Waals surface area contributed by atoms with Gasteiger partial charge >= 0.3 is 0 Å². The highest BCUT2D eigenvalue weighted by molar-refractivity contribution is 8.00. The minimum atomic E-state index is -0.624. The number of thioether (sulfide) groups is 1. The van der Waals surface area contributed by atoms with Gasteiger partial charge in [-0.15, -0.1) is 0 Å². The van der Waals surface area contributed by atoms with Gasteiger partial charge in [0.25, 0.3) is 5.69 Å². The van der Waals surface area contributed by atoms with Crippen LogP contribution in [-0.2, 0) is 4.79 Å². The Bertz CT molecular complexity index is 1460. The van der Waals surface area contributed by atoms with Gasteiger partial charge < -0.3 is 5.32 Å². The fraction of sp³-hybridized carbons (Fsp3) is 0.107. The zero-order valence-electron chi connectivity index (χ0n) is 19.6. The lowest BCUT2D eigenvalue weighted by Gasteiger charge is -2.16. The number of nitrogens with zero attached hydrogens (tertiary/aromatic N) is 3. The molecule has 1 N–H and O–H groups in total. The number of carbonyl (C=O) groups is 1. The second-order valence-corrected chi connectivity index (χ2v) is 9.47. The van der Waals surface area contributed by atoms with Crippen LogP contribution in [0.5, 0.6) is 0 Å². The van der Waals surface area contributed by atoms with Crippen LogP contribution in [0.2, 0.25) is 0 Å². The molecular weight excluding hydrogens is 472 g/mol. The highest BCUT2D eigenvalue weighted by atomic mass is 32.2. The molecule has 8 heteroatoms. The van der Waals surface area contributed by atoms with E-state index in [-0.39, 0.29) is 11.6 Å². The molecule has 4 aromatic rings. The van der Waals surface area contributed by atoms with Crippen LogP contribution in [0.4, 0.5) is 11.4 Å². The molecule has 0 spiro atoms. The first kappa shape index (κ1) is 24.6. The molecule has 0 aliphatic rings. The molecule has 178 valence electrons. The second kappa shape index (κ2) is 10.8. The summed E-state index contributed by atoms with van der Waals surface area (Å²) in [5.74, 6) is -0.354. The van der Waals surface area contributed by atoms with Gasteiger partial charge in [-0.2, -0.15) is 5.26 Å². The van der Waals surface area contributed by atoms with Crippen molar-refractivity contribution < 1.29 is 9.72 Å². The first-order valence-corrected chi connectivity index (χ1v) is 12.0. The number of anilines is 1. The molecule has 7 nitrogen and oxygen atoms in total. The number of carbonyl (C=O) groups excluding carboxylic acids is 1. The number of non-ortho nitro benzene ring substituents is 1. The number of nitro benzene ring substituents is 1. The van der Waals surface area contributed by atoms with Gasteiger partial charge in [0.15, 0.2) is 0 Å². The number of benzene rings is 3. The molecule has 1 heterocycles. The van der Waals surface area contributed by atoms with Crippen molar-refractivity contribution in [1.29, 1.82) is 5.26 Å². The molecule has 0 saturated heterocycles. The maximum Gasteiger partial charge on any atom is 0.271 e. The van der Waals surface area contributed by atoms with Gasteiger partial charge in [0.2, 0.25) is 5.91 Å². The molecule has 0 bridgehead atoms. The van der Waals surface area contributed by atoms with E-state index in [1.54, 1.807) is 13.0 Å². The van der Waals surface area contributed by atoms with Crippen LogP contribution in [0.1, 0.15) is 18.1 Å². The molecule has 3 aromatic carbocycles. The van der Waals surface area contributed by atoms with Gasteiger partial charge in [-0.1, -0.05) is 78.0 Å². The summed E-state index contributed by atoms with van der Waals surface area (Å²) >= 11 is 1.17. The lowest BCUT2D eigenvalue weighted by Crippen LogP contribution is -2.22. The Morgan fingerprint density at radius 2 is 1.75 bits per heavy atom. The number of rotatable bonds is 7. The SMILES string of the molecule is Cc1ccc(-c2cc(-c3ccccc3)c(C#N)c(SC(C)C(=O)Nc3cccc([N+](=O)[O-])c3)n2)cc1. The predicted molar refractivity (Wildman–Crippen MR) is 142 cm³/mol. The number of amides is 1. The maximum absolute atomic E-state index is 12.9. The Kier molecular flexibility index (Phi) is 7.42. The summed E-state index contributed by atoms with van der Waals surface area (Å²) in [5.41, 5.74) is 4.93. The summed E-state index contributed by atoms with van der Waals surface area (Å²) in [6.07, 6.45) is 0. The van der Waals surface area contributed by atoms with Crippen molar-refractivity contribution in [3.63, 3.8) is 0 Å². The number of hydrogen-bond acceptors (Lipinski definition) is 6. The van der Waals surface area contributed by atoms with Gasteiger partial charge in [-0.05, 0) is 31.5 Å². The van der Waals surface area contributed by atoms with Crippen molar-refractivity contribution in [2.24, 2.45) is 0 Å². The van der Waals surface area contributed by atoms with Crippen LogP contribution in [0, 0.1) is 28.4 Å². The number of aromatic nitrogens is 1. The molecule has 0 aliphatic carbocycles. The number of pyridine rings is 1. The van der Waals surface area contributed by atoms with E-state index >= 15 is 0 Å². The zero-order valence-corrected chi connectivity index (χ0v) is 20.5. The largest absolute Gasteiger partial charge is 0.325 e. The van der Waals surface area contributed by atoms with Crippen LogP contribution in [-0.4, -0.2) is 21.1 Å². The van der Waals surface area contributed by atoms with E-state index in [9.17, 15) is 20.2 Å². The molecule has 1 atom stereocenters. The van der Waals surface area contributed by atoms with Crippen LogP contribution < -0.4 is 5.32 Å². The van der Waals surface area contributed by atoms with Crippen molar-refractivity contribution in [2.75, 3.05) is 5.32 Å². The van der Waals surface area contributed by atoms with Crippen LogP contribution in [0.25, 0.3) is 22.4 Å². The minimum absolute atomic E-state index is 0.111. The lowest BCUT2D eigenvalue weighted by atomic mass is 9.99. The van der Waals surface area contributed by atoms with Gasteiger partial charge in [-0.25, -0.2) is 4.98 Å². The zero-order chi connectivity index (χ0) is 25.7. The molecule has 1 aromatic heterocycles. The standard InChI is InChI=1S/C28H22N4O3S/c1-18-11-13-21(14-12-18)26-16-24(20-7-4-3-5-8-20)25(17-29)28(31-26)36-19(2)27(33)30-22-9-6-10-23(15-22)32(34)35/h3-16,19H,1-2H3,(H,30,33). The smallest absolute Gasteiger partial charge is 0.271 e. The molecule has 1 unspecified atom stereocenters. The monoisotopic (exact) mass is 494 g/mol. The quantitative estimate of drug-likeness (QED) is 0.176. The van der Waals surface area contributed by atoms with E-state index in [1.807, 2.05) is 67.6 Å². The van der Waals surface area contributed by atoms with E-state index in [4.69, 9.17) is 4.98 Å². The Labute approximate surface area is 213 Å². The number of nitrogens with one attached hydrogen (secondary N) is 1. The van der Waals surface area contributed by atoms with Crippen molar-refractivity contribution in [3.05, 3.63) is 106 Å². The summed E-state index contributed by atoms with van der Waals surface area (Å²) in [6.45, 7) is 3.72. The second-order valence-electron chi connectivity index (χ2n) is 8.14. The van der Waals surface area contributed by atoms with Crippen molar-refractivity contribution in [2.45, 2.75) is 24.1 Å². The molecule has 36 heavy (non-hydrogen) atoms. The van der Waals surface area contributed by atoms with Crippen molar-refractivity contribution >= 4 is 29.0 Å². The summed E-state index contributed by atoms with van der Waals surface area (Å²) < 4.78 is 0. The van der Waals surface area contributed by atoms with E-state index in [2.05, 4.69) is 11.4 Å². The Morgan fingerprint density at radius 1 is 1.03 bits per heavy atom. The highest BCUT2D eigenvalue weighted by Gasteiger charge is 2.22. The fourth-order valence-electron chi connectivity index (χ4n) is 3.59. The Balaban J connectivity index is 1.70. The number of hydrogen-bond donors (Lipinski definition) is 1. The van der Waals surface area contributed by atoms with E-state index in [1.165, 1.54) is 30.0 Å². The van der Waals surface area contributed by atoms with Crippen LogP contribution in [0.15, 0.2) is 90.0 Å². The molecule has 0 aliphatic heterocycles. The molecule has 0 fully saturated rings. The third-order valence-corrected chi connectivity index (χ3v) is 6.60. The summed E-state index contributed by atoms with van der Waals surface area (Å²) in [7, 11) is 0. The van der Waals surface area contributed by atoms with Gasteiger partial charge in [0, 0.05) is 28.9 Å². The van der Waals surface area contributed by atoms with E-state index in [0.717, 1.165) is 22.3 Å². The molecule has 0 radical (unpaired) electrons. The minimum Gasteiger partial charge on any atom is -0.325 e. The Morgan fingerprint density at radius 3 is 2.42 bits per heavy atom. The third-order valence-electron chi connectivity index (χ3n) is 5.51. The third kappa shape index (κ3) is 5.59.